The van der Waals surface area contributed by atoms with Gasteiger partial charge in [-0.05, 0) is 62.4 Å². The molecule has 2 rings (SSSR count). The second-order valence-corrected chi connectivity index (χ2v) is 9.49. The van der Waals surface area contributed by atoms with Crippen molar-refractivity contribution < 1.29 is 13.2 Å². The minimum absolute atomic E-state index is 0.171. The van der Waals surface area contributed by atoms with Gasteiger partial charge in [0.1, 0.15) is 6.04 Å². The molecule has 29 heavy (non-hydrogen) atoms. The van der Waals surface area contributed by atoms with Gasteiger partial charge in [-0.1, -0.05) is 49.7 Å². The average molecular weight is 417 g/mol. The van der Waals surface area contributed by atoms with Gasteiger partial charge in [-0.15, -0.1) is 0 Å². The van der Waals surface area contributed by atoms with E-state index in [4.69, 9.17) is 0 Å². The number of benzene rings is 2. The molecule has 2 aromatic rings. The van der Waals surface area contributed by atoms with E-state index < -0.39 is 16.1 Å². The minimum Gasteiger partial charge on any atom is -0.347 e. The molecule has 158 valence electrons. The Morgan fingerprint density at radius 2 is 1.59 bits per heavy atom. The lowest BCUT2D eigenvalue weighted by atomic mass is 9.99. The van der Waals surface area contributed by atoms with Crippen LogP contribution < -0.4 is 9.62 Å². The van der Waals surface area contributed by atoms with Crippen LogP contribution in [0.25, 0.3) is 0 Å². The molecule has 0 aliphatic heterocycles. The Bertz CT molecular complexity index is 953. The summed E-state index contributed by atoms with van der Waals surface area (Å²) in [6, 6.07) is 12.4. The molecule has 0 aromatic heterocycles. The fraction of sp³-hybridized carbons (Fsp3) is 0.435. The number of hydrogen-bond acceptors (Lipinski definition) is 3. The third kappa shape index (κ3) is 5.60. The van der Waals surface area contributed by atoms with E-state index in [1.54, 1.807) is 12.1 Å². The topological polar surface area (TPSA) is 66.5 Å². The number of nitrogens with zero attached hydrogens (tertiary/aromatic N) is 1. The highest BCUT2D eigenvalue weighted by Gasteiger charge is 2.32. The Labute approximate surface area is 175 Å². The van der Waals surface area contributed by atoms with Gasteiger partial charge in [0.05, 0.1) is 18.0 Å². The molecule has 0 radical (unpaired) electrons. The van der Waals surface area contributed by atoms with Crippen LogP contribution >= 0.6 is 0 Å². The first kappa shape index (κ1) is 22.9. The standard InChI is InChI=1S/C23H32N2O3S/c1-7-21(19-12-11-17(4)18(5)15-19)24-23(26)22(8-2)25(29(6,27)28)20-13-9-16(3)10-14-20/h9-15,21-22H,7-8H2,1-6H3,(H,24,26). The molecule has 0 fully saturated rings. The number of amides is 1. The maximum Gasteiger partial charge on any atom is 0.244 e. The molecule has 0 saturated heterocycles. The van der Waals surface area contributed by atoms with Crippen LogP contribution in [0.15, 0.2) is 42.5 Å². The summed E-state index contributed by atoms with van der Waals surface area (Å²) in [5.41, 5.74) is 4.92. The molecule has 2 atom stereocenters. The van der Waals surface area contributed by atoms with Crippen LogP contribution in [0.4, 0.5) is 5.69 Å². The zero-order valence-electron chi connectivity index (χ0n) is 18.2. The molecule has 2 unspecified atom stereocenters. The molecular weight excluding hydrogens is 384 g/mol. The maximum absolute atomic E-state index is 13.2. The number of sulfonamides is 1. The molecule has 0 aliphatic rings. The van der Waals surface area contributed by atoms with Gasteiger partial charge in [0.15, 0.2) is 0 Å². The predicted molar refractivity (Wildman–Crippen MR) is 120 cm³/mol. The van der Waals surface area contributed by atoms with Crippen LogP contribution in [-0.4, -0.2) is 26.6 Å². The van der Waals surface area contributed by atoms with E-state index in [0.29, 0.717) is 18.5 Å². The van der Waals surface area contributed by atoms with Crippen molar-refractivity contribution in [2.24, 2.45) is 0 Å². The number of carbonyl (C=O) groups is 1. The molecule has 0 spiro atoms. The Balaban J connectivity index is 2.34. The summed E-state index contributed by atoms with van der Waals surface area (Å²) in [6.45, 7) is 9.87. The van der Waals surface area contributed by atoms with Crippen molar-refractivity contribution in [2.45, 2.75) is 59.5 Å². The molecule has 5 nitrogen and oxygen atoms in total. The summed E-state index contributed by atoms with van der Waals surface area (Å²) < 4.78 is 26.4. The minimum atomic E-state index is -3.63. The van der Waals surface area contributed by atoms with Crippen molar-refractivity contribution >= 4 is 21.6 Å². The van der Waals surface area contributed by atoms with Gasteiger partial charge in [-0.2, -0.15) is 0 Å². The van der Waals surface area contributed by atoms with Crippen molar-refractivity contribution in [1.29, 1.82) is 0 Å². The highest BCUT2D eigenvalue weighted by molar-refractivity contribution is 7.92. The van der Waals surface area contributed by atoms with Gasteiger partial charge in [0.25, 0.3) is 0 Å². The predicted octanol–water partition coefficient (Wildman–Crippen LogP) is 4.42. The SMILES string of the molecule is CCC(NC(=O)C(CC)N(c1ccc(C)cc1)S(C)(=O)=O)c1ccc(C)c(C)c1. The fourth-order valence-corrected chi connectivity index (χ4v) is 4.63. The third-order valence-corrected chi connectivity index (χ3v) is 6.46. The summed E-state index contributed by atoms with van der Waals surface area (Å²) in [6.07, 6.45) is 2.23. The van der Waals surface area contributed by atoms with Crippen LogP contribution in [0.3, 0.4) is 0 Å². The van der Waals surface area contributed by atoms with Gasteiger partial charge in [0, 0.05) is 0 Å². The van der Waals surface area contributed by atoms with Crippen molar-refractivity contribution in [3.63, 3.8) is 0 Å². The molecular formula is C23H32N2O3S. The number of carbonyl (C=O) groups excluding carboxylic acids is 1. The van der Waals surface area contributed by atoms with E-state index in [1.807, 2.05) is 52.0 Å². The molecule has 0 bridgehead atoms. The number of anilines is 1. The summed E-state index contributed by atoms with van der Waals surface area (Å²) >= 11 is 0. The van der Waals surface area contributed by atoms with Crippen molar-refractivity contribution in [3.8, 4) is 0 Å². The first-order valence-corrected chi connectivity index (χ1v) is 11.9. The second kappa shape index (κ2) is 9.44. The van der Waals surface area contributed by atoms with Crippen molar-refractivity contribution in [1.82, 2.24) is 5.32 Å². The first-order valence-electron chi connectivity index (χ1n) is 10.0. The van der Waals surface area contributed by atoms with E-state index in [0.717, 1.165) is 17.4 Å². The molecule has 6 heteroatoms. The van der Waals surface area contributed by atoms with Crippen molar-refractivity contribution in [3.05, 3.63) is 64.7 Å². The number of aryl methyl sites for hydroxylation is 3. The number of rotatable bonds is 8. The van der Waals surface area contributed by atoms with Crippen LogP contribution in [0.2, 0.25) is 0 Å². The molecule has 0 aliphatic carbocycles. The van der Waals surface area contributed by atoms with Crippen LogP contribution in [-0.2, 0) is 14.8 Å². The van der Waals surface area contributed by atoms with E-state index in [1.165, 1.54) is 15.4 Å². The Morgan fingerprint density at radius 1 is 0.966 bits per heavy atom. The zero-order chi connectivity index (χ0) is 21.8. The summed E-state index contributed by atoms with van der Waals surface area (Å²) in [7, 11) is -3.63. The molecule has 0 heterocycles. The zero-order valence-corrected chi connectivity index (χ0v) is 19.0. The highest BCUT2D eigenvalue weighted by Crippen LogP contribution is 2.25. The maximum atomic E-state index is 13.2. The first-order chi connectivity index (χ1) is 13.6. The number of hydrogen-bond donors (Lipinski definition) is 1. The molecule has 2 aromatic carbocycles. The van der Waals surface area contributed by atoms with E-state index >= 15 is 0 Å². The summed E-state index contributed by atoms with van der Waals surface area (Å²) in [4.78, 5) is 13.2. The quantitative estimate of drug-likeness (QED) is 0.692. The Hall–Kier alpha value is -2.34. The van der Waals surface area contributed by atoms with Gasteiger partial charge in [-0.25, -0.2) is 8.42 Å². The van der Waals surface area contributed by atoms with Crippen LogP contribution in [0.5, 0.6) is 0 Å². The van der Waals surface area contributed by atoms with Gasteiger partial charge in [0.2, 0.25) is 15.9 Å². The Morgan fingerprint density at radius 3 is 2.07 bits per heavy atom. The molecule has 1 amide bonds. The third-order valence-electron chi connectivity index (χ3n) is 5.28. The lowest BCUT2D eigenvalue weighted by molar-refractivity contribution is -0.123. The van der Waals surface area contributed by atoms with Gasteiger partial charge >= 0.3 is 0 Å². The van der Waals surface area contributed by atoms with Crippen LogP contribution in [0.1, 0.15) is 55.0 Å². The fourth-order valence-electron chi connectivity index (χ4n) is 3.42. The smallest absolute Gasteiger partial charge is 0.244 e. The largest absolute Gasteiger partial charge is 0.347 e. The van der Waals surface area contributed by atoms with E-state index in [-0.39, 0.29) is 11.9 Å². The molecule has 0 saturated carbocycles. The van der Waals surface area contributed by atoms with Gasteiger partial charge in [-0.3, -0.25) is 9.10 Å². The summed E-state index contributed by atoms with van der Waals surface area (Å²) in [5.74, 6) is -0.288. The van der Waals surface area contributed by atoms with Crippen LogP contribution in [0, 0.1) is 20.8 Å². The lowest BCUT2D eigenvalue weighted by Gasteiger charge is -2.31. The van der Waals surface area contributed by atoms with E-state index in [2.05, 4.69) is 18.3 Å². The summed E-state index contributed by atoms with van der Waals surface area (Å²) in [5, 5.41) is 3.07. The normalized spacial score (nSPS) is 13.6. The van der Waals surface area contributed by atoms with Crippen molar-refractivity contribution in [2.75, 3.05) is 10.6 Å². The highest BCUT2D eigenvalue weighted by atomic mass is 32.2. The average Bonchev–Trinajstić information content (AvgIpc) is 2.66. The van der Waals surface area contributed by atoms with E-state index in [9.17, 15) is 13.2 Å². The lowest BCUT2D eigenvalue weighted by Crippen LogP contribution is -2.50. The Kier molecular flexibility index (Phi) is 7.47. The molecule has 1 N–H and O–H groups in total. The monoisotopic (exact) mass is 416 g/mol. The van der Waals surface area contributed by atoms with Gasteiger partial charge < -0.3 is 5.32 Å². The number of nitrogens with one attached hydrogen (secondary N) is 1. The second-order valence-electron chi connectivity index (χ2n) is 7.63.